The van der Waals surface area contributed by atoms with Gasteiger partial charge in [-0.25, -0.2) is 0 Å². The Hall–Kier alpha value is -6.52. The number of ether oxygens (including phenoxy) is 2. The molecule has 0 bridgehead atoms. The molecule has 3 nitrogen and oxygen atoms in total. The number of anilines is 2. The Labute approximate surface area is 308 Å². The van der Waals surface area contributed by atoms with E-state index in [9.17, 15) is 0 Å². The maximum Gasteiger partial charge on any atom is 0.260 e. The van der Waals surface area contributed by atoms with Gasteiger partial charge in [-0.3, -0.25) is 0 Å². The quantitative estimate of drug-likeness (QED) is 0.162. The van der Waals surface area contributed by atoms with Crippen LogP contribution in [0.3, 0.4) is 0 Å². The highest BCUT2D eigenvalue weighted by atomic mass is 16.5. The summed E-state index contributed by atoms with van der Waals surface area (Å²) in [7, 11) is 0. The lowest BCUT2D eigenvalue weighted by Crippen LogP contribution is -2.57. The van der Waals surface area contributed by atoms with Crippen molar-refractivity contribution < 1.29 is 9.47 Å². The van der Waals surface area contributed by atoms with Gasteiger partial charge in [-0.05, 0) is 79.7 Å². The third-order valence-electron chi connectivity index (χ3n) is 12.7. The van der Waals surface area contributed by atoms with Crippen molar-refractivity contribution in [1.82, 2.24) is 0 Å². The summed E-state index contributed by atoms with van der Waals surface area (Å²) in [6.45, 7) is 0.0403. The topological polar surface area (TPSA) is 21.7 Å². The second-order valence-corrected chi connectivity index (χ2v) is 15.0. The van der Waals surface area contributed by atoms with Crippen LogP contribution >= 0.6 is 0 Å². The van der Waals surface area contributed by atoms with Gasteiger partial charge in [-0.2, -0.15) is 0 Å². The van der Waals surface area contributed by atoms with Gasteiger partial charge in [0.1, 0.15) is 23.0 Å². The Bertz CT molecular complexity index is 2800. The molecule has 0 fully saturated rings. The minimum absolute atomic E-state index is 0.0403. The summed E-state index contributed by atoms with van der Waals surface area (Å²) in [5, 5.41) is 0. The molecule has 3 heterocycles. The fraction of sp³-hybridized carbons (Fsp3) is 0.0612. The van der Waals surface area contributed by atoms with Crippen LogP contribution in [-0.4, -0.2) is 12.8 Å². The lowest BCUT2D eigenvalue weighted by Gasteiger charge is -2.34. The summed E-state index contributed by atoms with van der Waals surface area (Å²) >= 11 is 0. The van der Waals surface area contributed by atoms with E-state index < -0.39 is 5.41 Å². The molecule has 2 atom stereocenters. The van der Waals surface area contributed by atoms with Crippen molar-refractivity contribution in [1.29, 1.82) is 0 Å². The molecule has 13 rings (SSSR count). The van der Waals surface area contributed by atoms with Gasteiger partial charge in [0.25, 0.3) is 6.71 Å². The van der Waals surface area contributed by atoms with Crippen LogP contribution in [0.15, 0.2) is 170 Å². The summed E-state index contributed by atoms with van der Waals surface area (Å²) < 4.78 is 13.2. The highest BCUT2D eigenvalue weighted by Gasteiger charge is 2.54. The van der Waals surface area contributed by atoms with E-state index in [-0.39, 0.29) is 18.7 Å². The summed E-state index contributed by atoms with van der Waals surface area (Å²) in [5.74, 6) is 3.77. The van der Waals surface area contributed by atoms with Crippen molar-refractivity contribution in [3.63, 3.8) is 0 Å². The summed E-state index contributed by atoms with van der Waals surface area (Å²) in [4.78, 5) is 2.61. The highest BCUT2D eigenvalue weighted by Crippen LogP contribution is 2.66. The van der Waals surface area contributed by atoms with E-state index in [2.05, 4.69) is 163 Å². The SMILES string of the molecule is C1=CC2c3ccc4c(c3N(c3ccc5c(c3)Oc3cccc6c3B5c3ccccc3O6)C2C=C1)-c1ccccc1C41c2ccccc2-c2ccccc21. The van der Waals surface area contributed by atoms with Gasteiger partial charge < -0.3 is 14.4 Å². The van der Waals surface area contributed by atoms with E-state index in [1.165, 1.54) is 66.7 Å². The zero-order chi connectivity index (χ0) is 34.4. The zero-order valence-corrected chi connectivity index (χ0v) is 28.7. The van der Waals surface area contributed by atoms with Crippen molar-refractivity contribution in [2.24, 2.45) is 0 Å². The molecule has 3 aliphatic heterocycles. The Balaban J connectivity index is 1.06. The second-order valence-electron chi connectivity index (χ2n) is 15.0. The van der Waals surface area contributed by atoms with Crippen molar-refractivity contribution in [3.05, 3.63) is 198 Å². The smallest absolute Gasteiger partial charge is 0.260 e. The number of rotatable bonds is 1. The third-order valence-corrected chi connectivity index (χ3v) is 12.7. The van der Waals surface area contributed by atoms with Gasteiger partial charge in [0.15, 0.2) is 0 Å². The van der Waals surface area contributed by atoms with Crippen LogP contribution < -0.4 is 30.8 Å². The molecule has 246 valence electrons. The minimum atomic E-state index is -0.393. The second kappa shape index (κ2) is 9.87. The number of benzene rings is 7. The Morgan fingerprint density at radius 3 is 1.92 bits per heavy atom. The van der Waals surface area contributed by atoms with Crippen molar-refractivity contribution in [3.8, 4) is 45.3 Å². The molecule has 0 amide bonds. The summed E-state index contributed by atoms with van der Waals surface area (Å²) in [6.07, 6.45) is 9.20. The summed E-state index contributed by atoms with van der Waals surface area (Å²) in [5.41, 5.74) is 17.6. The molecular weight excluding hydrogens is 645 g/mol. The predicted octanol–water partition coefficient (Wildman–Crippen LogP) is 9.49. The molecule has 0 aromatic heterocycles. The van der Waals surface area contributed by atoms with Gasteiger partial charge in [0.2, 0.25) is 0 Å². The van der Waals surface area contributed by atoms with E-state index in [1.54, 1.807) is 0 Å². The molecule has 7 aromatic carbocycles. The van der Waals surface area contributed by atoms with Gasteiger partial charge >= 0.3 is 0 Å². The number of para-hydroxylation sites is 1. The first-order valence-corrected chi connectivity index (χ1v) is 18.6. The van der Waals surface area contributed by atoms with Crippen LogP contribution in [-0.2, 0) is 5.41 Å². The maximum absolute atomic E-state index is 6.83. The average molecular weight is 676 g/mol. The van der Waals surface area contributed by atoms with Crippen molar-refractivity contribution >= 4 is 34.5 Å². The van der Waals surface area contributed by atoms with E-state index >= 15 is 0 Å². The first-order valence-electron chi connectivity index (χ1n) is 18.6. The van der Waals surface area contributed by atoms with Crippen molar-refractivity contribution in [2.75, 3.05) is 4.90 Å². The lowest BCUT2D eigenvalue weighted by atomic mass is 9.35. The zero-order valence-electron chi connectivity index (χ0n) is 28.7. The first kappa shape index (κ1) is 28.1. The Morgan fingerprint density at radius 2 is 1.13 bits per heavy atom. The minimum Gasteiger partial charge on any atom is -0.458 e. The molecular formula is C49H30BNO2. The fourth-order valence-electron chi connectivity index (χ4n) is 10.8. The van der Waals surface area contributed by atoms with Gasteiger partial charge in [-0.15, -0.1) is 0 Å². The first-order chi connectivity index (χ1) is 26.3. The number of fused-ring (bicyclic) bond motifs is 18. The van der Waals surface area contributed by atoms with Gasteiger partial charge in [-0.1, -0.05) is 140 Å². The van der Waals surface area contributed by atoms with Crippen LogP contribution in [0.1, 0.15) is 33.7 Å². The fourth-order valence-corrected chi connectivity index (χ4v) is 10.8. The molecule has 0 saturated heterocycles. The van der Waals surface area contributed by atoms with Gasteiger partial charge in [0.05, 0.1) is 17.1 Å². The molecule has 7 aromatic rings. The number of nitrogens with zero attached hydrogens (tertiary/aromatic N) is 1. The molecule has 1 spiro atoms. The van der Waals surface area contributed by atoms with Crippen LogP contribution in [0.4, 0.5) is 11.4 Å². The predicted molar refractivity (Wildman–Crippen MR) is 214 cm³/mol. The van der Waals surface area contributed by atoms with E-state index in [4.69, 9.17) is 9.47 Å². The van der Waals surface area contributed by atoms with Crippen LogP contribution in [0.5, 0.6) is 23.0 Å². The number of hydrogen-bond donors (Lipinski definition) is 0. The summed E-state index contributed by atoms with van der Waals surface area (Å²) in [6, 6.07) is 53.8. The van der Waals surface area contributed by atoms with E-state index in [0.29, 0.717) is 0 Å². The Kier molecular flexibility index (Phi) is 5.24. The number of allylic oxidation sites excluding steroid dienone is 2. The molecule has 4 heteroatoms. The molecule has 6 aliphatic rings. The van der Waals surface area contributed by atoms with E-state index in [0.717, 1.165) is 34.1 Å². The van der Waals surface area contributed by atoms with Crippen LogP contribution in [0, 0.1) is 0 Å². The monoisotopic (exact) mass is 675 g/mol. The highest BCUT2D eigenvalue weighted by molar-refractivity contribution is 6.98. The Morgan fingerprint density at radius 1 is 0.509 bits per heavy atom. The molecule has 0 radical (unpaired) electrons. The number of hydrogen-bond acceptors (Lipinski definition) is 3. The van der Waals surface area contributed by atoms with Crippen molar-refractivity contribution in [2.45, 2.75) is 17.4 Å². The van der Waals surface area contributed by atoms with Gasteiger partial charge in [0, 0.05) is 28.7 Å². The van der Waals surface area contributed by atoms with E-state index in [1.807, 2.05) is 12.1 Å². The average Bonchev–Trinajstić information content (AvgIpc) is 3.82. The molecule has 0 N–H and O–H groups in total. The van der Waals surface area contributed by atoms with Crippen LogP contribution in [0.2, 0.25) is 0 Å². The molecule has 53 heavy (non-hydrogen) atoms. The normalized spacial score (nSPS) is 18.8. The maximum atomic E-state index is 6.83. The lowest BCUT2D eigenvalue weighted by molar-refractivity contribution is 0.464. The standard InChI is InChI=1S/C49H30BNO2/c1-5-16-35-30(12-1)31-13-2-6-17-36(31)49(35)37-18-7-3-15-34(37)46-38(49)26-25-33-32-14-4-9-20-41(32)51(48(33)46)29-24-27-40-45(28-29)53-44-23-11-22-43-47(44)50(40)39-19-8-10-21-42(39)52-43/h1-28,32,41H. The third kappa shape index (κ3) is 3.34. The van der Waals surface area contributed by atoms with Crippen LogP contribution in [0.25, 0.3) is 22.3 Å². The molecule has 0 saturated carbocycles. The largest absolute Gasteiger partial charge is 0.458 e. The molecule has 2 unspecified atom stereocenters. The molecule has 3 aliphatic carbocycles.